The van der Waals surface area contributed by atoms with Crippen LogP contribution in [0, 0.1) is 31.6 Å². The lowest BCUT2D eigenvalue weighted by Gasteiger charge is -2.40. The number of benzene rings is 2. The van der Waals surface area contributed by atoms with Gasteiger partial charge in [-0.2, -0.15) is 0 Å². The van der Waals surface area contributed by atoms with Gasteiger partial charge < -0.3 is 19.9 Å². The van der Waals surface area contributed by atoms with Crippen molar-refractivity contribution >= 4 is 22.6 Å². The minimum atomic E-state index is -0.0217. The molecule has 2 aliphatic rings. The van der Waals surface area contributed by atoms with E-state index in [1.165, 1.54) is 22.2 Å². The molecule has 3 atom stereocenters. The van der Waals surface area contributed by atoms with E-state index in [2.05, 4.69) is 59.0 Å². The van der Waals surface area contributed by atoms with Gasteiger partial charge in [-0.3, -0.25) is 4.79 Å². The molecule has 186 valence electrons. The highest BCUT2D eigenvalue weighted by molar-refractivity contribution is 5.92. The van der Waals surface area contributed by atoms with E-state index in [1.807, 2.05) is 19.9 Å². The number of anilines is 1. The summed E-state index contributed by atoms with van der Waals surface area (Å²) in [6.45, 7) is 11.2. The largest absolute Gasteiger partial charge is 0.396 e. The minimum Gasteiger partial charge on any atom is -0.396 e. The Kier molecular flexibility index (Phi) is 6.69. The monoisotopic (exact) mass is 474 g/mol. The van der Waals surface area contributed by atoms with Crippen LogP contribution in [0.1, 0.15) is 48.8 Å². The number of amides is 1. The van der Waals surface area contributed by atoms with Crippen molar-refractivity contribution in [1.82, 2.24) is 14.5 Å². The highest BCUT2D eigenvalue weighted by Gasteiger charge is 2.33. The highest BCUT2D eigenvalue weighted by Crippen LogP contribution is 2.35. The quantitative estimate of drug-likeness (QED) is 0.551. The number of carbonyl (C=O) groups is 1. The topological polar surface area (TPSA) is 70.4 Å². The third kappa shape index (κ3) is 4.87. The molecule has 2 heterocycles. The van der Waals surface area contributed by atoms with E-state index in [1.54, 1.807) is 0 Å². The van der Waals surface area contributed by atoms with E-state index in [-0.39, 0.29) is 30.4 Å². The normalized spacial score (nSPS) is 22.6. The van der Waals surface area contributed by atoms with Crippen molar-refractivity contribution in [3.8, 4) is 0 Å². The van der Waals surface area contributed by atoms with Crippen LogP contribution < -0.4 is 5.32 Å². The molecule has 1 fully saturated rings. The Morgan fingerprint density at radius 2 is 1.94 bits per heavy atom. The number of aliphatic hydroxyl groups excluding tert-OH is 1. The molecule has 3 aromatic rings. The average Bonchev–Trinajstić information content (AvgIpc) is 3.37. The van der Waals surface area contributed by atoms with Gasteiger partial charge in [-0.1, -0.05) is 26.0 Å². The van der Waals surface area contributed by atoms with Crippen molar-refractivity contribution < 1.29 is 9.90 Å². The van der Waals surface area contributed by atoms with Gasteiger partial charge in [0.25, 0.3) is 0 Å². The molecule has 2 N–H and O–H groups in total. The van der Waals surface area contributed by atoms with Crippen LogP contribution in [0.5, 0.6) is 0 Å². The summed E-state index contributed by atoms with van der Waals surface area (Å²) in [5.41, 5.74) is 7.12. The molecule has 0 radical (unpaired) electrons. The number of carbonyl (C=O) groups excluding carboxylic acids is 1. The molecule has 5 rings (SSSR count). The number of imidazole rings is 1. The number of hydrogen-bond acceptors (Lipinski definition) is 4. The molecule has 1 amide bonds. The van der Waals surface area contributed by atoms with Gasteiger partial charge in [0.1, 0.15) is 5.82 Å². The van der Waals surface area contributed by atoms with Crippen LogP contribution in [0.4, 0.5) is 5.69 Å². The fourth-order valence-corrected chi connectivity index (χ4v) is 6.10. The van der Waals surface area contributed by atoms with Gasteiger partial charge in [-0.05, 0) is 80.0 Å². The van der Waals surface area contributed by atoms with Crippen molar-refractivity contribution in [3.05, 3.63) is 58.9 Å². The number of nitrogens with one attached hydrogen (secondary N) is 1. The van der Waals surface area contributed by atoms with E-state index in [9.17, 15) is 9.90 Å². The summed E-state index contributed by atoms with van der Waals surface area (Å²) in [4.78, 5) is 19.4. The summed E-state index contributed by atoms with van der Waals surface area (Å²) < 4.78 is 2.37. The zero-order valence-corrected chi connectivity index (χ0v) is 21.4. The minimum absolute atomic E-state index is 0.0217. The number of fused-ring (bicyclic) bond motifs is 2. The summed E-state index contributed by atoms with van der Waals surface area (Å²) >= 11 is 0. The van der Waals surface area contributed by atoms with Crippen molar-refractivity contribution in [3.63, 3.8) is 0 Å². The average molecular weight is 475 g/mol. The van der Waals surface area contributed by atoms with Crippen molar-refractivity contribution in [2.24, 2.45) is 17.8 Å². The number of likely N-dealkylation sites (tertiary alicyclic amines) is 1. The first-order valence-corrected chi connectivity index (χ1v) is 13.0. The Bertz CT molecular complexity index is 1230. The third-order valence-electron chi connectivity index (χ3n) is 7.90. The number of piperidine rings is 1. The smallest absolute Gasteiger partial charge is 0.226 e. The van der Waals surface area contributed by atoms with Gasteiger partial charge in [0.15, 0.2) is 0 Å². The Labute approximate surface area is 208 Å². The molecule has 0 spiro atoms. The van der Waals surface area contributed by atoms with Crippen molar-refractivity contribution in [2.45, 2.75) is 53.0 Å². The summed E-state index contributed by atoms with van der Waals surface area (Å²) in [6, 6.07) is 13.1. The number of rotatable bonds is 6. The Morgan fingerprint density at radius 3 is 2.71 bits per heavy atom. The molecule has 2 aromatic carbocycles. The first-order chi connectivity index (χ1) is 16.8. The van der Waals surface area contributed by atoms with Gasteiger partial charge in [0, 0.05) is 49.8 Å². The van der Waals surface area contributed by atoms with Crippen LogP contribution in [0.15, 0.2) is 36.4 Å². The maximum atomic E-state index is 12.1. The number of hydrogen-bond donors (Lipinski definition) is 2. The van der Waals surface area contributed by atoms with Gasteiger partial charge >= 0.3 is 0 Å². The summed E-state index contributed by atoms with van der Waals surface area (Å²) in [7, 11) is 0. The van der Waals surface area contributed by atoms with Gasteiger partial charge in [0.2, 0.25) is 5.91 Å². The first kappa shape index (κ1) is 24.0. The van der Waals surface area contributed by atoms with E-state index in [0.29, 0.717) is 5.92 Å². The maximum absolute atomic E-state index is 12.1. The van der Waals surface area contributed by atoms with Gasteiger partial charge in [-0.15, -0.1) is 0 Å². The lowest BCUT2D eigenvalue weighted by Crippen LogP contribution is -2.44. The molecule has 2 unspecified atom stereocenters. The number of aliphatic hydroxyl groups is 1. The predicted octanol–water partition coefficient (Wildman–Crippen LogP) is 4.52. The highest BCUT2D eigenvalue weighted by atomic mass is 16.3. The van der Waals surface area contributed by atoms with E-state index < -0.39 is 0 Å². The van der Waals surface area contributed by atoms with E-state index in [4.69, 9.17) is 4.98 Å². The molecule has 1 saturated heterocycles. The fourth-order valence-electron chi connectivity index (χ4n) is 6.10. The van der Waals surface area contributed by atoms with Crippen LogP contribution in [0.25, 0.3) is 11.0 Å². The van der Waals surface area contributed by atoms with Crippen LogP contribution >= 0.6 is 0 Å². The molecule has 0 saturated carbocycles. The second kappa shape index (κ2) is 9.75. The molecule has 1 aromatic heterocycles. The van der Waals surface area contributed by atoms with Crippen LogP contribution in [0.3, 0.4) is 0 Å². The van der Waals surface area contributed by atoms with Gasteiger partial charge in [-0.25, -0.2) is 4.98 Å². The Hall–Kier alpha value is -2.70. The van der Waals surface area contributed by atoms with Crippen molar-refractivity contribution in [2.75, 3.05) is 31.6 Å². The second-order valence-electron chi connectivity index (χ2n) is 11.0. The van der Waals surface area contributed by atoms with Crippen LogP contribution in [-0.4, -0.2) is 51.7 Å². The molecule has 6 nitrogen and oxygen atoms in total. The third-order valence-corrected chi connectivity index (χ3v) is 7.90. The molecule has 35 heavy (non-hydrogen) atoms. The zero-order chi connectivity index (χ0) is 24.7. The van der Waals surface area contributed by atoms with E-state index in [0.717, 1.165) is 55.9 Å². The Balaban J connectivity index is 1.24. The summed E-state index contributed by atoms with van der Waals surface area (Å²) in [5, 5.41) is 13.4. The molecule has 1 aliphatic heterocycles. The predicted molar refractivity (Wildman–Crippen MR) is 141 cm³/mol. The standard InChI is InChI=1S/C29H38N4O2/c1-18(2)29(35)31-25-7-6-22-12-21(13-23(22)14-25)15-32-10-9-27(24(16-32)17-34)33-20(4)30-26-11-19(3)5-8-28(26)33/h5-8,11,14,18,21,24,27,34H,9-10,12-13,15-17H2,1-4H3,(H,31,35)/t21?,24?,27-/m1/s1. The second-order valence-corrected chi connectivity index (χ2v) is 11.0. The number of aryl methyl sites for hydroxylation is 2. The molecule has 6 heteroatoms. The van der Waals surface area contributed by atoms with Gasteiger partial charge in [0.05, 0.1) is 11.0 Å². The lowest BCUT2D eigenvalue weighted by molar-refractivity contribution is -0.118. The zero-order valence-electron chi connectivity index (χ0n) is 21.4. The van der Waals surface area contributed by atoms with Crippen LogP contribution in [0.2, 0.25) is 0 Å². The fraction of sp³-hybridized carbons (Fsp3) is 0.517. The first-order valence-electron chi connectivity index (χ1n) is 13.0. The summed E-state index contributed by atoms with van der Waals surface area (Å²) in [6.07, 6.45) is 3.16. The molecular formula is C29H38N4O2. The van der Waals surface area contributed by atoms with E-state index >= 15 is 0 Å². The van der Waals surface area contributed by atoms with Crippen LogP contribution in [-0.2, 0) is 17.6 Å². The number of aromatic nitrogens is 2. The SMILES string of the molecule is Cc1ccc2c(c1)nc(C)n2[C@@H]1CCN(CC2Cc3ccc(NC(=O)C(C)C)cc3C2)CC1CO. The Morgan fingerprint density at radius 1 is 1.14 bits per heavy atom. The van der Waals surface area contributed by atoms with Crippen molar-refractivity contribution in [1.29, 1.82) is 0 Å². The lowest BCUT2D eigenvalue weighted by atomic mass is 9.91. The molecule has 1 aliphatic carbocycles. The maximum Gasteiger partial charge on any atom is 0.226 e. The molecule has 0 bridgehead atoms. The summed E-state index contributed by atoms with van der Waals surface area (Å²) in [5.74, 6) is 1.85. The number of nitrogens with zero attached hydrogens (tertiary/aromatic N) is 3. The molecular weight excluding hydrogens is 436 g/mol.